The van der Waals surface area contributed by atoms with E-state index in [1.54, 1.807) is 4.68 Å². The molecule has 0 saturated carbocycles. The Hall–Kier alpha value is -1.24. The fraction of sp³-hybridized carbons (Fsp3) is 0.429. The van der Waals surface area contributed by atoms with Crippen molar-refractivity contribution in [3.05, 3.63) is 46.5 Å². The highest BCUT2D eigenvalue weighted by molar-refractivity contribution is 9.10. The standard InChI is InChI=1S/C14H18BrN3O2/c1-2-18-13(16-10-17-18)7-14(8-19,9-20)11-3-5-12(15)6-4-11/h3-6,10,19-20H,2,7-9H2,1H3. The van der Waals surface area contributed by atoms with Gasteiger partial charge in [0, 0.05) is 22.9 Å². The maximum Gasteiger partial charge on any atom is 0.138 e. The number of aromatic nitrogens is 3. The highest BCUT2D eigenvalue weighted by Gasteiger charge is 2.33. The van der Waals surface area contributed by atoms with Crippen LogP contribution >= 0.6 is 15.9 Å². The van der Waals surface area contributed by atoms with E-state index < -0.39 is 5.41 Å². The predicted octanol–water partition coefficient (Wildman–Crippen LogP) is 1.53. The lowest BCUT2D eigenvalue weighted by Gasteiger charge is -2.30. The highest BCUT2D eigenvalue weighted by Crippen LogP contribution is 2.28. The Bertz CT molecular complexity index is 550. The van der Waals surface area contributed by atoms with Crippen LogP contribution in [0.1, 0.15) is 18.3 Å². The average Bonchev–Trinajstić information content (AvgIpc) is 2.93. The van der Waals surface area contributed by atoms with Crippen molar-refractivity contribution in [1.82, 2.24) is 14.8 Å². The largest absolute Gasteiger partial charge is 0.395 e. The zero-order valence-corrected chi connectivity index (χ0v) is 12.9. The molecular weight excluding hydrogens is 322 g/mol. The van der Waals surface area contributed by atoms with E-state index in [-0.39, 0.29) is 13.2 Å². The van der Waals surface area contributed by atoms with Gasteiger partial charge in [0.2, 0.25) is 0 Å². The molecule has 1 heterocycles. The van der Waals surface area contributed by atoms with Crippen molar-refractivity contribution in [2.45, 2.75) is 25.3 Å². The Labute approximate surface area is 126 Å². The molecule has 0 fully saturated rings. The van der Waals surface area contributed by atoms with Crippen LogP contribution in [0.4, 0.5) is 0 Å². The SMILES string of the molecule is CCn1ncnc1CC(CO)(CO)c1ccc(Br)cc1. The molecule has 2 rings (SSSR count). The van der Waals surface area contributed by atoms with Crippen LogP contribution in [-0.2, 0) is 18.4 Å². The molecular formula is C14H18BrN3O2. The van der Waals surface area contributed by atoms with Crippen molar-refractivity contribution in [2.75, 3.05) is 13.2 Å². The van der Waals surface area contributed by atoms with Gasteiger partial charge in [-0.2, -0.15) is 5.10 Å². The molecule has 20 heavy (non-hydrogen) atoms. The molecule has 1 aromatic heterocycles. The first-order chi connectivity index (χ1) is 9.65. The Morgan fingerprint density at radius 2 is 1.85 bits per heavy atom. The lowest BCUT2D eigenvalue weighted by Crippen LogP contribution is -2.38. The summed E-state index contributed by atoms with van der Waals surface area (Å²) in [6.45, 7) is 2.39. The zero-order valence-electron chi connectivity index (χ0n) is 11.3. The summed E-state index contributed by atoms with van der Waals surface area (Å²) in [5.41, 5.74) is 0.136. The van der Waals surface area contributed by atoms with Gasteiger partial charge in [0.1, 0.15) is 12.2 Å². The summed E-state index contributed by atoms with van der Waals surface area (Å²) in [6, 6.07) is 7.62. The summed E-state index contributed by atoms with van der Waals surface area (Å²) in [4.78, 5) is 4.23. The number of benzene rings is 1. The number of hydrogen-bond donors (Lipinski definition) is 2. The summed E-state index contributed by atoms with van der Waals surface area (Å²) < 4.78 is 2.74. The van der Waals surface area contributed by atoms with Crippen LogP contribution in [0.2, 0.25) is 0 Å². The van der Waals surface area contributed by atoms with Gasteiger partial charge < -0.3 is 10.2 Å². The van der Waals surface area contributed by atoms with Gasteiger partial charge >= 0.3 is 0 Å². The molecule has 1 aromatic carbocycles. The lowest BCUT2D eigenvalue weighted by atomic mass is 9.78. The summed E-state index contributed by atoms with van der Waals surface area (Å²) in [5, 5.41) is 23.8. The maximum absolute atomic E-state index is 9.83. The van der Waals surface area contributed by atoms with E-state index in [1.165, 1.54) is 6.33 Å². The molecule has 5 nitrogen and oxygen atoms in total. The van der Waals surface area contributed by atoms with Crippen LogP contribution in [0.5, 0.6) is 0 Å². The highest BCUT2D eigenvalue weighted by atomic mass is 79.9. The number of aliphatic hydroxyl groups excluding tert-OH is 2. The van der Waals surface area contributed by atoms with Gasteiger partial charge in [-0.1, -0.05) is 28.1 Å². The molecule has 6 heteroatoms. The molecule has 0 aliphatic heterocycles. The van der Waals surface area contributed by atoms with Crippen molar-refractivity contribution >= 4 is 15.9 Å². The van der Waals surface area contributed by atoms with Crippen LogP contribution in [0.25, 0.3) is 0 Å². The second kappa shape index (κ2) is 6.47. The van der Waals surface area contributed by atoms with E-state index in [4.69, 9.17) is 0 Å². The molecule has 0 saturated heterocycles. The van der Waals surface area contributed by atoms with Crippen molar-refractivity contribution < 1.29 is 10.2 Å². The molecule has 0 spiro atoms. The van der Waals surface area contributed by atoms with Crippen LogP contribution < -0.4 is 0 Å². The predicted molar refractivity (Wildman–Crippen MR) is 79.4 cm³/mol. The Kier molecular flexibility index (Phi) is 4.91. The summed E-state index contributed by atoms with van der Waals surface area (Å²) in [6.07, 6.45) is 1.94. The first kappa shape index (κ1) is 15.2. The molecule has 0 radical (unpaired) electrons. The molecule has 108 valence electrons. The molecule has 0 unspecified atom stereocenters. The monoisotopic (exact) mass is 339 g/mol. The Morgan fingerprint density at radius 1 is 1.20 bits per heavy atom. The molecule has 0 aliphatic rings. The number of rotatable bonds is 6. The van der Waals surface area contributed by atoms with Gasteiger partial charge in [0.05, 0.1) is 13.2 Å². The third-order valence-corrected chi connectivity index (χ3v) is 4.08. The number of nitrogens with zero attached hydrogens (tertiary/aromatic N) is 3. The van der Waals surface area contributed by atoms with Crippen molar-refractivity contribution in [2.24, 2.45) is 0 Å². The van der Waals surface area contributed by atoms with E-state index in [0.717, 1.165) is 15.9 Å². The second-order valence-corrected chi connectivity index (χ2v) is 5.69. The van der Waals surface area contributed by atoms with E-state index in [9.17, 15) is 10.2 Å². The first-order valence-electron chi connectivity index (χ1n) is 6.49. The average molecular weight is 340 g/mol. The van der Waals surface area contributed by atoms with Gasteiger partial charge in [-0.05, 0) is 24.6 Å². The molecule has 0 bridgehead atoms. The van der Waals surface area contributed by atoms with E-state index >= 15 is 0 Å². The number of halogens is 1. The molecule has 0 atom stereocenters. The Morgan fingerprint density at radius 3 is 2.40 bits per heavy atom. The van der Waals surface area contributed by atoms with Gasteiger partial charge in [-0.25, -0.2) is 4.98 Å². The third-order valence-electron chi connectivity index (χ3n) is 3.55. The number of hydrogen-bond acceptors (Lipinski definition) is 4. The minimum atomic E-state index is -0.749. The molecule has 0 amide bonds. The topological polar surface area (TPSA) is 71.2 Å². The van der Waals surface area contributed by atoms with E-state index in [2.05, 4.69) is 26.0 Å². The van der Waals surface area contributed by atoms with Crippen LogP contribution in [-0.4, -0.2) is 38.2 Å². The van der Waals surface area contributed by atoms with Gasteiger partial charge in [-0.3, -0.25) is 4.68 Å². The minimum Gasteiger partial charge on any atom is -0.395 e. The van der Waals surface area contributed by atoms with Gasteiger partial charge in [0.15, 0.2) is 0 Å². The second-order valence-electron chi connectivity index (χ2n) is 4.77. The van der Waals surface area contributed by atoms with E-state index in [1.807, 2.05) is 31.2 Å². The summed E-state index contributed by atoms with van der Waals surface area (Å²) in [7, 11) is 0. The van der Waals surface area contributed by atoms with Crippen molar-refractivity contribution in [1.29, 1.82) is 0 Å². The maximum atomic E-state index is 9.83. The van der Waals surface area contributed by atoms with Crippen molar-refractivity contribution in [3.63, 3.8) is 0 Å². The summed E-state index contributed by atoms with van der Waals surface area (Å²) >= 11 is 3.39. The first-order valence-corrected chi connectivity index (χ1v) is 7.29. The fourth-order valence-corrected chi connectivity index (χ4v) is 2.51. The van der Waals surface area contributed by atoms with Crippen LogP contribution in [0.3, 0.4) is 0 Å². The summed E-state index contributed by atoms with van der Waals surface area (Å²) in [5.74, 6) is 0.763. The quantitative estimate of drug-likeness (QED) is 0.837. The van der Waals surface area contributed by atoms with Gasteiger partial charge in [0.25, 0.3) is 0 Å². The molecule has 2 N–H and O–H groups in total. The number of aliphatic hydroxyl groups is 2. The van der Waals surface area contributed by atoms with Crippen molar-refractivity contribution in [3.8, 4) is 0 Å². The molecule has 2 aromatic rings. The zero-order chi connectivity index (χ0) is 14.6. The van der Waals surface area contributed by atoms with Gasteiger partial charge in [-0.15, -0.1) is 0 Å². The van der Waals surface area contributed by atoms with Crippen LogP contribution in [0, 0.1) is 0 Å². The normalized spacial score (nSPS) is 11.8. The molecule has 0 aliphatic carbocycles. The number of aryl methyl sites for hydroxylation is 1. The third kappa shape index (κ3) is 2.92. The minimum absolute atomic E-state index is 0.151. The smallest absolute Gasteiger partial charge is 0.138 e. The van der Waals surface area contributed by atoms with E-state index in [0.29, 0.717) is 13.0 Å². The Balaban J connectivity index is 2.36. The van der Waals surface area contributed by atoms with Crippen LogP contribution in [0.15, 0.2) is 35.1 Å². The lowest BCUT2D eigenvalue weighted by molar-refractivity contribution is 0.113. The fourth-order valence-electron chi connectivity index (χ4n) is 2.24.